The van der Waals surface area contributed by atoms with E-state index in [2.05, 4.69) is 21.8 Å². The third kappa shape index (κ3) is 4.06. The van der Waals surface area contributed by atoms with E-state index in [1.54, 1.807) is 0 Å². The maximum absolute atomic E-state index is 12.2. The third-order valence-corrected chi connectivity index (χ3v) is 4.13. The third-order valence-electron chi connectivity index (χ3n) is 4.13. The Morgan fingerprint density at radius 2 is 2.05 bits per heavy atom. The summed E-state index contributed by atoms with van der Waals surface area (Å²) < 4.78 is 2.16. The van der Waals surface area contributed by atoms with Crippen molar-refractivity contribution < 1.29 is 4.79 Å². The van der Waals surface area contributed by atoms with Crippen LogP contribution in [0.1, 0.15) is 46.2 Å². The quantitative estimate of drug-likeness (QED) is 0.924. The maximum atomic E-state index is 12.2. The lowest BCUT2D eigenvalue weighted by Gasteiger charge is -2.36. The lowest BCUT2D eigenvalue weighted by atomic mass is 9.93. The van der Waals surface area contributed by atoms with Gasteiger partial charge in [-0.1, -0.05) is 20.8 Å². The average Bonchev–Trinajstić information content (AvgIpc) is 2.91. The van der Waals surface area contributed by atoms with E-state index in [0.717, 1.165) is 39.0 Å². The van der Waals surface area contributed by atoms with Crippen molar-refractivity contribution in [1.29, 1.82) is 0 Å². The van der Waals surface area contributed by atoms with Crippen LogP contribution in [0.15, 0.2) is 12.5 Å². The van der Waals surface area contributed by atoms with E-state index in [1.165, 1.54) is 5.69 Å². The molecule has 0 radical (unpaired) electrons. The highest BCUT2D eigenvalue weighted by atomic mass is 16.2. The number of hydrogen-bond donors (Lipinski definition) is 1. The van der Waals surface area contributed by atoms with E-state index < -0.39 is 0 Å². The van der Waals surface area contributed by atoms with E-state index in [-0.39, 0.29) is 11.3 Å². The second kappa shape index (κ2) is 6.60. The minimum atomic E-state index is -0.270. The Bertz CT molecular complexity index is 467. The van der Waals surface area contributed by atoms with Gasteiger partial charge in [-0.15, -0.1) is 0 Å². The zero-order valence-electron chi connectivity index (χ0n) is 13.7. The van der Waals surface area contributed by atoms with Crippen LogP contribution in [0.5, 0.6) is 0 Å². The summed E-state index contributed by atoms with van der Waals surface area (Å²) in [7, 11) is 0. The van der Waals surface area contributed by atoms with Gasteiger partial charge in [0.25, 0.3) is 0 Å². The highest BCUT2D eigenvalue weighted by Gasteiger charge is 2.30. The van der Waals surface area contributed by atoms with Crippen LogP contribution in [0, 0.1) is 5.41 Å². The number of imidazole rings is 1. The SMILES string of the molecule is CCn1cncc1CNC1CCN(C(=O)C(C)(C)C)CC1. The van der Waals surface area contributed by atoms with Gasteiger partial charge in [0.1, 0.15) is 0 Å². The molecule has 21 heavy (non-hydrogen) atoms. The molecule has 0 unspecified atom stereocenters. The fraction of sp³-hybridized carbons (Fsp3) is 0.750. The summed E-state index contributed by atoms with van der Waals surface area (Å²) >= 11 is 0. The minimum Gasteiger partial charge on any atom is -0.342 e. The van der Waals surface area contributed by atoms with Crippen molar-refractivity contribution in [1.82, 2.24) is 19.8 Å². The lowest BCUT2D eigenvalue weighted by molar-refractivity contribution is -0.140. The summed E-state index contributed by atoms with van der Waals surface area (Å²) in [6.45, 7) is 11.6. The second-order valence-corrected chi connectivity index (χ2v) is 6.87. The number of hydrogen-bond acceptors (Lipinski definition) is 3. The Morgan fingerprint density at radius 1 is 1.38 bits per heavy atom. The van der Waals surface area contributed by atoms with Gasteiger partial charge in [0.15, 0.2) is 0 Å². The zero-order valence-corrected chi connectivity index (χ0v) is 13.7. The Morgan fingerprint density at radius 3 is 2.62 bits per heavy atom. The molecular weight excluding hydrogens is 264 g/mol. The number of carbonyl (C=O) groups excluding carboxylic acids is 1. The fourth-order valence-corrected chi connectivity index (χ4v) is 2.79. The van der Waals surface area contributed by atoms with E-state index in [0.29, 0.717) is 6.04 Å². The average molecular weight is 292 g/mol. The van der Waals surface area contributed by atoms with Crippen molar-refractivity contribution in [3.63, 3.8) is 0 Å². The van der Waals surface area contributed by atoms with Gasteiger partial charge in [-0.3, -0.25) is 4.79 Å². The normalized spacial score (nSPS) is 17.2. The van der Waals surface area contributed by atoms with E-state index in [9.17, 15) is 4.79 Å². The highest BCUT2D eigenvalue weighted by molar-refractivity contribution is 5.81. The van der Waals surface area contributed by atoms with Crippen molar-refractivity contribution in [2.75, 3.05) is 13.1 Å². The molecule has 2 rings (SSSR count). The van der Waals surface area contributed by atoms with Crippen molar-refractivity contribution in [3.8, 4) is 0 Å². The molecule has 1 saturated heterocycles. The molecule has 118 valence electrons. The number of nitrogens with one attached hydrogen (secondary N) is 1. The maximum Gasteiger partial charge on any atom is 0.227 e. The van der Waals surface area contributed by atoms with Gasteiger partial charge >= 0.3 is 0 Å². The molecule has 0 atom stereocenters. The van der Waals surface area contributed by atoms with E-state index in [1.807, 2.05) is 38.2 Å². The molecule has 1 N–H and O–H groups in total. The molecule has 1 aromatic heterocycles. The largest absolute Gasteiger partial charge is 0.342 e. The van der Waals surface area contributed by atoms with Crippen molar-refractivity contribution in [2.24, 2.45) is 5.41 Å². The van der Waals surface area contributed by atoms with Gasteiger partial charge in [-0.25, -0.2) is 4.98 Å². The highest BCUT2D eigenvalue weighted by Crippen LogP contribution is 2.21. The number of aryl methyl sites for hydroxylation is 1. The number of aromatic nitrogens is 2. The Balaban J connectivity index is 1.78. The van der Waals surface area contributed by atoms with Crippen molar-refractivity contribution in [2.45, 2.75) is 59.7 Å². The van der Waals surface area contributed by atoms with Crippen molar-refractivity contribution >= 4 is 5.91 Å². The van der Waals surface area contributed by atoms with Crippen LogP contribution in [-0.2, 0) is 17.9 Å². The van der Waals surface area contributed by atoms with Gasteiger partial charge in [0.2, 0.25) is 5.91 Å². The van der Waals surface area contributed by atoms with Crippen LogP contribution in [0.2, 0.25) is 0 Å². The molecular formula is C16H28N4O. The topological polar surface area (TPSA) is 50.2 Å². The van der Waals surface area contributed by atoms with Gasteiger partial charge in [-0.05, 0) is 19.8 Å². The molecule has 1 aliphatic rings. The molecule has 2 heterocycles. The summed E-state index contributed by atoms with van der Waals surface area (Å²) in [5.74, 6) is 0.269. The predicted octanol–water partition coefficient (Wildman–Crippen LogP) is 2.03. The number of likely N-dealkylation sites (tertiary alicyclic amines) is 1. The molecule has 1 amide bonds. The second-order valence-electron chi connectivity index (χ2n) is 6.87. The summed E-state index contributed by atoms with van der Waals surface area (Å²) in [6.07, 6.45) is 5.86. The molecule has 0 spiro atoms. The molecule has 1 aromatic rings. The molecule has 1 aliphatic heterocycles. The monoisotopic (exact) mass is 292 g/mol. The molecule has 5 nitrogen and oxygen atoms in total. The summed E-state index contributed by atoms with van der Waals surface area (Å²) in [5, 5.41) is 3.60. The lowest BCUT2D eigenvalue weighted by Crippen LogP contribution is -2.48. The number of piperidine rings is 1. The standard InChI is InChI=1S/C16H28N4O/c1-5-19-12-17-10-14(19)11-18-13-6-8-20(9-7-13)15(21)16(2,3)4/h10,12-13,18H,5-9,11H2,1-4H3. The molecule has 0 aliphatic carbocycles. The first-order valence-electron chi connectivity index (χ1n) is 7.93. The van der Waals surface area contributed by atoms with E-state index in [4.69, 9.17) is 0 Å². The van der Waals surface area contributed by atoms with Gasteiger partial charge in [-0.2, -0.15) is 0 Å². The molecule has 1 fully saturated rings. The van der Waals surface area contributed by atoms with Crippen LogP contribution < -0.4 is 5.32 Å². The van der Waals surface area contributed by atoms with Gasteiger partial charge < -0.3 is 14.8 Å². The number of amides is 1. The fourth-order valence-electron chi connectivity index (χ4n) is 2.79. The first-order valence-corrected chi connectivity index (χ1v) is 7.93. The van der Waals surface area contributed by atoms with Crippen LogP contribution in [0.4, 0.5) is 0 Å². The first-order chi connectivity index (χ1) is 9.91. The van der Waals surface area contributed by atoms with E-state index >= 15 is 0 Å². The summed E-state index contributed by atoms with van der Waals surface area (Å²) in [6, 6.07) is 0.495. The molecule has 5 heteroatoms. The minimum absolute atomic E-state index is 0.269. The van der Waals surface area contributed by atoms with Crippen LogP contribution in [0.3, 0.4) is 0 Å². The molecule has 0 bridgehead atoms. The number of rotatable bonds is 4. The molecule has 0 saturated carbocycles. The summed E-state index contributed by atoms with van der Waals surface area (Å²) in [4.78, 5) is 18.4. The Labute approximate surface area is 127 Å². The Hall–Kier alpha value is -1.36. The number of carbonyl (C=O) groups is 1. The molecule has 0 aromatic carbocycles. The summed E-state index contributed by atoms with van der Waals surface area (Å²) in [5.41, 5.74) is 0.958. The van der Waals surface area contributed by atoms with Crippen molar-refractivity contribution in [3.05, 3.63) is 18.2 Å². The van der Waals surface area contributed by atoms with Crippen LogP contribution >= 0.6 is 0 Å². The predicted molar refractivity (Wildman–Crippen MR) is 83.8 cm³/mol. The number of nitrogens with zero attached hydrogens (tertiary/aromatic N) is 3. The Kier molecular flexibility index (Phi) is 5.04. The zero-order chi connectivity index (χ0) is 15.5. The first kappa shape index (κ1) is 16.0. The van der Waals surface area contributed by atoms with Gasteiger partial charge in [0.05, 0.1) is 12.0 Å². The van der Waals surface area contributed by atoms with Gasteiger partial charge in [0, 0.05) is 43.8 Å². The van der Waals surface area contributed by atoms with Crippen LogP contribution in [-0.4, -0.2) is 39.5 Å². The smallest absolute Gasteiger partial charge is 0.227 e. The van der Waals surface area contributed by atoms with Crippen LogP contribution in [0.25, 0.3) is 0 Å².